The molecule has 1 rings (SSSR count). The van der Waals surface area contributed by atoms with Crippen molar-refractivity contribution >= 4 is 21.8 Å². The maximum atomic E-state index is 12.5. The van der Waals surface area contributed by atoms with Gasteiger partial charge >= 0.3 is 6.09 Å². The highest BCUT2D eigenvalue weighted by Crippen LogP contribution is 2.16. The number of sulfonamides is 1. The number of anilines is 1. The van der Waals surface area contributed by atoms with Crippen molar-refractivity contribution in [3.63, 3.8) is 0 Å². The van der Waals surface area contributed by atoms with Crippen LogP contribution in [0.1, 0.15) is 33.1 Å². The summed E-state index contributed by atoms with van der Waals surface area (Å²) >= 11 is 0. The fourth-order valence-electron chi connectivity index (χ4n) is 2.50. The summed E-state index contributed by atoms with van der Waals surface area (Å²) in [7, 11) is 0.163. The number of benzene rings is 1. The van der Waals surface area contributed by atoms with E-state index in [0.29, 0.717) is 19.5 Å². The van der Waals surface area contributed by atoms with Gasteiger partial charge in [-0.15, -0.1) is 0 Å². The van der Waals surface area contributed by atoms with Crippen molar-refractivity contribution in [3.05, 3.63) is 24.3 Å². The van der Waals surface area contributed by atoms with Crippen LogP contribution in [0.3, 0.4) is 0 Å². The SMILES string of the molecule is CCCCN(CC(CC)CNS(=O)(=O)c1ccc(N(C)C)cc1)C(=O)O. The highest BCUT2D eigenvalue weighted by atomic mass is 32.2. The van der Waals surface area contributed by atoms with Gasteiger partial charge in [0.05, 0.1) is 4.90 Å². The smallest absolute Gasteiger partial charge is 0.407 e. The Balaban J connectivity index is 2.71. The zero-order chi connectivity index (χ0) is 19.7. The molecule has 0 aromatic heterocycles. The minimum Gasteiger partial charge on any atom is -0.465 e. The van der Waals surface area contributed by atoms with Crippen LogP contribution in [0.2, 0.25) is 0 Å². The normalized spacial score (nSPS) is 12.6. The van der Waals surface area contributed by atoms with Gasteiger partial charge in [0.1, 0.15) is 0 Å². The van der Waals surface area contributed by atoms with Crippen LogP contribution in [-0.4, -0.2) is 58.2 Å². The molecular weight excluding hydrogens is 354 g/mol. The van der Waals surface area contributed by atoms with Gasteiger partial charge in [0, 0.05) is 39.4 Å². The lowest BCUT2D eigenvalue weighted by molar-refractivity contribution is 0.135. The summed E-state index contributed by atoms with van der Waals surface area (Å²) in [5.74, 6) is -0.0706. The summed E-state index contributed by atoms with van der Waals surface area (Å²) in [6, 6.07) is 6.65. The lowest BCUT2D eigenvalue weighted by atomic mass is 10.1. The molecule has 0 aliphatic heterocycles. The van der Waals surface area contributed by atoms with Crippen LogP contribution < -0.4 is 9.62 Å². The van der Waals surface area contributed by atoms with E-state index < -0.39 is 16.1 Å². The van der Waals surface area contributed by atoms with Crippen molar-refractivity contribution in [2.75, 3.05) is 38.6 Å². The number of unbranched alkanes of at least 4 members (excludes halogenated alkanes) is 1. The first-order chi connectivity index (χ1) is 12.2. The van der Waals surface area contributed by atoms with Gasteiger partial charge in [-0.05, 0) is 36.6 Å². The Bertz CT molecular complexity index is 660. The second-order valence-corrected chi connectivity index (χ2v) is 8.36. The van der Waals surface area contributed by atoms with Crippen molar-refractivity contribution in [1.29, 1.82) is 0 Å². The minimum absolute atomic E-state index is 0.0706. The van der Waals surface area contributed by atoms with Crippen LogP contribution in [0.5, 0.6) is 0 Å². The quantitative estimate of drug-likeness (QED) is 0.611. The predicted octanol–water partition coefficient (Wildman–Crippen LogP) is 2.84. The Morgan fingerprint density at radius 3 is 2.27 bits per heavy atom. The van der Waals surface area contributed by atoms with Crippen LogP contribution in [0.15, 0.2) is 29.2 Å². The third-order valence-corrected chi connectivity index (χ3v) is 5.77. The zero-order valence-electron chi connectivity index (χ0n) is 16.1. The van der Waals surface area contributed by atoms with Gasteiger partial charge in [0.15, 0.2) is 0 Å². The van der Waals surface area contributed by atoms with E-state index in [4.69, 9.17) is 0 Å². The highest BCUT2D eigenvalue weighted by Gasteiger charge is 2.20. The Labute approximate surface area is 157 Å². The standard InChI is InChI=1S/C18H31N3O4S/c1-5-7-12-21(18(22)23)14-15(6-2)13-19-26(24,25)17-10-8-16(9-11-17)20(3)4/h8-11,15,19H,5-7,12-14H2,1-4H3,(H,22,23). The van der Waals surface area contributed by atoms with E-state index >= 15 is 0 Å². The molecule has 0 bridgehead atoms. The molecule has 1 aromatic rings. The van der Waals surface area contributed by atoms with E-state index in [1.54, 1.807) is 24.3 Å². The number of carboxylic acid groups (broad SMARTS) is 1. The van der Waals surface area contributed by atoms with Crippen LogP contribution in [0, 0.1) is 5.92 Å². The third kappa shape index (κ3) is 6.84. The fourth-order valence-corrected chi connectivity index (χ4v) is 3.61. The molecule has 8 heteroatoms. The van der Waals surface area contributed by atoms with E-state index in [2.05, 4.69) is 4.72 Å². The average Bonchev–Trinajstić information content (AvgIpc) is 2.61. The van der Waals surface area contributed by atoms with Crippen LogP contribution >= 0.6 is 0 Å². The number of amides is 1. The van der Waals surface area contributed by atoms with E-state index in [1.807, 2.05) is 32.8 Å². The van der Waals surface area contributed by atoms with Crippen molar-refractivity contribution in [2.24, 2.45) is 5.92 Å². The first kappa shape index (κ1) is 22.2. The molecule has 26 heavy (non-hydrogen) atoms. The number of carbonyl (C=O) groups is 1. The van der Waals surface area contributed by atoms with E-state index in [1.165, 1.54) is 4.90 Å². The predicted molar refractivity (Wildman–Crippen MR) is 104 cm³/mol. The molecule has 1 atom stereocenters. The number of rotatable bonds is 11. The van der Waals surface area contributed by atoms with Crippen molar-refractivity contribution in [2.45, 2.75) is 38.0 Å². The average molecular weight is 386 g/mol. The molecule has 0 saturated carbocycles. The molecule has 0 aliphatic carbocycles. The molecule has 0 aliphatic rings. The van der Waals surface area contributed by atoms with Crippen molar-refractivity contribution in [3.8, 4) is 0 Å². The summed E-state index contributed by atoms with van der Waals surface area (Å²) < 4.78 is 27.6. The molecule has 1 unspecified atom stereocenters. The molecule has 2 N–H and O–H groups in total. The Kier molecular flexibility index (Phi) is 8.87. The van der Waals surface area contributed by atoms with Crippen LogP contribution in [-0.2, 0) is 10.0 Å². The number of nitrogens with one attached hydrogen (secondary N) is 1. The Hall–Kier alpha value is -1.80. The molecule has 1 amide bonds. The fraction of sp³-hybridized carbons (Fsp3) is 0.611. The topological polar surface area (TPSA) is 90.0 Å². The van der Waals surface area contributed by atoms with Gasteiger partial charge in [0.25, 0.3) is 0 Å². The molecular formula is C18H31N3O4S. The third-order valence-electron chi connectivity index (χ3n) is 4.33. The largest absolute Gasteiger partial charge is 0.465 e. The van der Waals surface area contributed by atoms with Crippen LogP contribution in [0.4, 0.5) is 10.5 Å². The van der Waals surface area contributed by atoms with Crippen molar-refractivity contribution < 1.29 is 18.3 Å². The molecule has 0 radical (unpaired) electrons. The van der Waals surface area contributed by atoms with Gasteiger partial charge in [-0.25, -0.2) is 17.9 Å². The summed E-state index contributed by atoms with van der Waals surface area (Å²) in [6.07, 6.45) is 1.44. The van der Waals surface area contributed by atoms with Gasteiger partial charge in [0.2, 0.25) is 10.0 Å². The first-order valence-electron chi connectivity index (χ1n) is 8.96. The van der Waals surface area contributed by atoms with E-state index in [-0.39, 0.29) is 17.4 Å². The zero-order valence-corrected chi connectivity index (χ0v) is 16.9. The molecule has 0 saturated heterocycles. The number of hydrogen-bond acceptors (Lipinski definition) is 4. The van der Waals surface area contributed by atoms with E-state index in [9.17, 15) is 18.3 Å². The number of hydrogen-bond donors (Lipinski definition) is 2. The molecule has 148 valence electrons. The summed E-state index contributed by atoms with van der Waals surface area (Å²) in [4.78, 5) is 14.8. The molecule has 0 spiro atoms. The van der Waals surface area contributed by atoms with Crippen molar-refractivity contribution in [1.82, 2.24) is 9.62 Å². The minimum atomic E-state index is -3.62. The lowest BCUT2D eigenvalue weighted by Gasteiger charge is -2.25. The lowest BCUT2D eigenvalue weighted by Crippen LogP contribution is -2.39. The Morgan fingerprint density at radius 1 is 1.19 bits per heavy atom. The number of nitrogens with zero attached hydrogens (tertiary/aromatic N) is 2. The van der Waals surface area contributed by atoms with Gasteiger partial charge in [-0.3, -0.25) is 0 Å². The molecule has 7 nitrogen and oxygen atoms in total. The first-order valence-corrected chi connectivity index (χ1v) is 10.4. The van der Waals surface area contributed by atoms with Gasteiger partial charge in [-0.1, -0.05) is 26.7 Å². The molecule has 0 heterocycles. The molecule has 0 fully saturated rings. The summed E-state index contributed by atoms with van der Waals surface area (Å²) in [5, 5.41) is 9.30. The molecule has 1 aromatic carbocycles. The maximum absolute atomic E-state index is 12.5. The maximum Gasteiger partial charge on any atom is 0.407 e. The van der Waals surface area contributed by atoms with Gasteiger partial charge in [-0.2, -0.15) is 0 Å². The van der Waals surface area contributed by atoms with Crippen LogP contribution in [0.25, 0.3) is 0 Å². The monoisotopic (exact) mass is 385 g/mol. The Morgan fingerprint density at radius 2 is 1.81 bits per heavy atom. The van der Waals surface area contributed by atoms with Gasteiger partial charge < -0.3 is 14.9 Å². The second kappa shape index (κ2) is 10.4. The summed E-state index contributed by atoms with van der Waals surface area (Å²) in [5.41, 5.74) is 0.920. The summed E-state index contributed by atoms with van der Waals surface area (Å²) in [6.45, 7) is 4.96. The second-order valence-electron chi connectivity index (χ2n) is 6.60. The van der Waals surface area contributed by atoms with E-state index in [0.717, 1.165) is 18.5 Å². The highest BCUT2D eigenvalue weighted by molar-refractivity contribution is 7.89.